The van der Waals surface area contributed by atoms with E-state index in [1.807, 2.05) is 54.6 Å². The molecule has 200 valence electrons. The zero-order valence-electron chi connectivity index (χ0n) is 21.8. The summed E-state index contributed by atoms with van der Waals surface area (Å²) in [5.74, 6) is -0.0769. The SMILES string of the molecule is COc1ccc2c(c1OC)C(O)C(C(=O)C(Cc1ccc(Cl)cc1)Nc1ccc3ccccc3c1)=C(O)N2C. The van der Waals surface area contributed by atoms with E-state index in [4.69, 9.17) is 21.1 Å². The Morgan fingerprint density at radius 2 is 1.72 bits per heavy atom. The minimum Gasteiger partial charge on any atom is -0.494 e. The van der Waals surface area contributed by atoms with E-state index < -0.39 is 17.9 Å². The van der Waals surface area contributed by atoms with E-state index in [2.05, 4.69) is 5.32 Å². The Morgan fingerprint density at radius 3 is 2.41 bits per heavy atom. The fourth-order valence-electron chi connectivity index (χ4n) is 5.04. The first-order valence-corrected chi connectivity index (χ1v) is 12.8. The largest absolute Gasteiger partial charge is 0.494 e. The molecule has 0 amide bonds. The summed E-state index contributed by atoms with van der Waals surface area (Å²) in [6.45, 7) is 0. The molecule has 0 bridgehead atoms. The monoisotopic (exact) mass is 544 g/mol. The van der Waals surface area contributed by atoms with E-state index in [0.717, 1.165) is 22.0 Å². The predicted octanol–water partition coefficient (Wildman–Crippen LogP) is 6.06. The maximum absolute atomic E-state index is 14.2. The van der Waals surface area contributed by atoms with E-state index in [1.165, 1.54) is 19.1 Å². The van der Waals surface area contributed by atoms with Gasteiger partial charge in [-0.25, -0.2) is 0 Å². The second-order valence-corrected chi connectivity index (χ2v) is 9.82. The molecule has 0 saturated heterocycles. The number of hydrogen-bond acceptors (Lipinski definition) is 7. The van der Waals surface area contributed by atoms with E-state index in [9.17, 15) is 15.0 Å². The number of nitrogens with one attached hydrogen (secondary N) is 1. The molecule has 1 aliphatic heterocycles. The summed E-state index contributed by atoms with van der Waals surface area (Å²) in [5, 5.41) is 28.7. The Morgan fingerprint density at radius 1 is 1.00 bits per heavy atom. The van der Waals surface area contributed by atoms with Crippen LogP contribution in [0.25, 0.3) is 10.8 Å². The van der Waals surface area contributed by atoms with Gasteiger partial charge in [0, 0.05) is 24.2 Å². The molecule has 5 rings (SSSR count). The van der Waals surface area contributed by atoms with Crippen molar-refractivity contribution in [2.45, 2.75) is 18.6 Å². The smallest absolute Gasteiger partial charge is 0.201 e. The van der Waals surface area contributed by atoms with Gasteiger partial charge < -0.3 is 29.9 Å². The summed E-state index contributed by atoms with van der Waals surface area (Å²) >= 11 is 6.09. The molecule has 8 heteroatoms. The third-order valence-electron chi connectivity index (χ3n) is 7.05. The summed E-state index contributed by atoms with van der Waals surface area (Å²) in [7, 11) is 4.59. The fourth-order valence-corrected chi connectivity index (χ4v) is 5.16. The molecule has 0 aromatic heterocycles. The lowest BCUT2D eigenvalue weighted by Crippen LogP contribution is -2.39. The van der Waals surface area contributed by atoms with E-state index >= 15 is 0 Å². The molecule has 2 atom stereocenters. The Labute approximate surface area is 231 Å². The second-order valence-electron chi connectivity index (χ2n) is 9.39. The van der Waals surface area contributed by atoms with Crippen molar-refractivity contribution in [2.24, 2.45) is 0 Å². The Kier molecular flexibility index (Phi) is 7.37. The fraction of sp³-hybridized carbons (Fsp3) is 0.194. The number of aliphatic hydroxyl groups excluding tert-OH is 2. The van der Waals surface area contributed by atoms with Gasteiger partial charge in [0.25, 0.3) is 0 Å². The van der Waals surface area contributed by atoms with Crippen molar-refractivity contribution in [2.75, 3.05) is 31.5 Å². The van der Waals surface area contributed by atoms with Crippen molar-refractivity contribution in [1.29, 1.82) is 0 Å². The lowest BCUT2D eigenvalue weighted by atomic mass is 9.87. The molecular weight excluding hydrogens is 516 g/mol. The second kappa shape index (κ2) is 10.9. The molecule has 4 aromatic rings. The first-order valence-electron chi connectivity index (χ1n) is 12.5. The molecule has 7 nitrogen and oxygen atoms in total. The van der Waals surface area contributed by atoms with Gasteiger partial charge in [-0.15, -0.1) is 0 Å². The van der Waals surface area contributed by atoms with Crippen molar-refractivity contribution >= 4 is 39.5 Å². The summed E-state index contributed by atoms with van der Waals surface area (Å²) in [5.41, 5.74) is 2.31. The molecule has 0 radical (unpaired) electrons. The predicted molar refractivity (Wildman–Crippen MR) is 154 cm³/mol. The quantitative estimate of drug-likeness (QED) is 0.248. The van der Waals surface area contributed by atoms with Crippen molar-refractivity contribution in [1.82, 2.24) is 0 Å². The third kappa shape index (κ3) is 4.99. The summed E-state index contributed by atoms with van der Waals surface area (Å²) < 4.78 is 11.0. The number of benzene rings is 4. The van der Waals surface area contributed by atoms with Crippen molar-refractivity contribution < 1.29 is 24.5 Å². The third-order valence-corrected chi connectivity index (χ3v) is 7.31. The molecule has 3 N–H and O–H groups in total. The summed E-state index contributed by atoms with van der Waals surface area (Å²) in [4.78, 5) is 15.7. The average Bonchev–Trinajstić information content (AvgIpc) is 2.95. The van der Waals surface area contributed by atoms with Crippen LogP contribution < -0.4 is 19.7 Å². The number of carbonyl (C=O) groups excluding carboxylic acids is 1. The van der Waals surface area contributed by atoms with E-state index in [-0.39, 0.29) is 17.9 Å². The number of fused-ring (bicyclic) bond motifs is 2. The zero-order chi connectivity index (χ0) is 27.7. The first kappa shape index (κ1) is 26.4. The maximum Gasteiger partial charge on any atom is 0.201 e. The normalized spacial score (nSPS) is 15.6. The van der Waals surface area contributed by atoms with Gasteiger partial charge in [0.1, 0.15) is 6.10 Å². The van der Waals surface area contributed by atoms with E-state index in [1.54, 1.807) is 31.3 Å². The molecular formula is C31H29ClN2O5. The maximum atomic E-state index is 14.2. The number of carbonyl (C=O) groups is 1. The first-order chi connectivity index (χ1) is 18.8. The van der Waals surface area contributed by atoms with Crippen molar-refractivity contribution in [3.63, 3.8) is 0 Å². The van der Waals surface area contributed by atoms with Crippen molar-refractivity contribution in [3.05, 3.63) is 106 Å². The molecule has 0 fully saturated rings. The van der Waals surface area contributed by atoms with Gasteiger partial charge in [-0.3, -0.25) is 4.79 Å². The van der Waals surface area contributed by atoms with Crippen LogP contribution in [-0.4, -0.2) is 43.3 Å². The number of hydrogen-bond donors (Lipinski definition) is 3. The van der Waals surface area contributed by atoms with Gasteiger partial charge in [-0.2, -0.15) is 0 Å². The Hall–Kier alpha value is -4.20. The van der Waals surface area contributed by atoms with Crippen LogP contribution in [-0.2, 0) is 11.2 Å². The van der Waals surface area contributed by atoms with Crippen LogP contribution in [0.15, 0.2) is 90.3 Å². The van der Waals surface area contributed by atoms with Crippen LogP contribution >= 0.6 is 11.6 Å². The van der Waals surface area contributed by atoms with Crippen LogP contribution in [0.5, 0.6) is 11.5 Å². The number of anilines is 2. The van der Waals surface area contributed by atoms with Gasteiger partial charge in [0.15, 0.2) is 17.3 Å². The average molecular weight is 545 g/mol. The number of aliphatic hydroxyl groups is 2. The Bertz CT molecular complexity index is 1570. The molecule has 2 unspecified atom stereocenters. The van der Waals surface area contributed by atoms with E-state index in [0.29, 0.717) is 27.8 Å². The highest BCUT2D eigenvalue weighted by Gasteiger charge is 2.40. The van der Waals surface area contributed by atoms with Crippen LogP contribution in [0.4, 0.5) is 11.4 Å². The molecule has 1 heterocycles. The van der Waals surface area contributed by atoms with Gasteiger partial charge in [0.2, 0.25) is 5.88 Å². The Balaban J connectivity index is 1.56. The summed E-state index contributed by atoms with van der Waals surface area (Å²) in [6, 6.07) is 23.6. The highest BCUT2D eigenvalue weighted by Crippen LogP contribution is 2.48. The summed E-state index contributed by atoms with van der Waals surface area (Å²) in [6.07, 6.45) is -1.15. The minimum atomic E-state index is -1.44. The molecule has 0 aliphatic carbocycles. The molecule has 0 spiro atoms. The number of Topliss-reactive ketones (excluding diaryl/α,β-unsaturated/α-hetero) is 1. The molecule has 4 aromatic carbocycles. The van der Waals surface area contributed by atoms with Gasteiger partial charge in [0.05, 0.1) is 37.1 Å². The van der Waals surface area contributed by atoms with Crippen LogP contribution in [0.1, 0.15) is 17.2 Å². The van der Waals surface area contributed by atoms with Crippen LogP contribution in [0, 0.1) is 0 Å². The molecule has 1 aliphatic rings. The lowest BCUT2D eigenvalue weighted by molar-refractivity contribution is -0.117. The highest BCUT2D eigenvalue weighted by atomic mass is 35.5. The topological polar surface area (TPSA) is 91.3 Å². The number of halogens is 1. The highest BCUT2D eigenvalue weighted by molar-refractivity contribution is 6.30. The molecule has 39 heavy (non-hydrogen) atoms. The van der Waals surface area contributed by atoms with Gasteiger partial charge in [-0.05, 0) is 52.7 Å². The number of ketones is 1. The van der Waals surface area contributed by atoms with Gasteiger partial charge in [-0.1, -0.05) is 54.1 Å². The van der Waals surface area contributed by atoms with Gasteiger partial charge >= 0.3 is 0 Å². The number of methoxy groups -OCH3 is 2. The number of ether oxygens (including phenoxy) is 2. The lowest BCUT2D eigenvalue weighted by Gasteiger charge is -2.34. The van der Waals surface area contributed by atoms with Crippen LogP contribution in [0.3, 0.4) is 0 Å². The van der Waals surface area contributed by atoms with Crippen molar-refractivity contribution in [3.8, 4) is 11.5 Å². The number of nitrogens with zero attached hydrogens (tertiary/aromatic N) is 1. The standard InChI is InChI=1S/C31H29ClN2O5/c1-34-24-14-15-25(38-2)30(39-3)26(24)29(36)27(31(34)37)28(35)23(16-18-8-11-21(32)12-9-18)33-22-13-10-19-6-4-5-7-20(19)17-22/h4-15,17,23,29,33,36-37H,16H2,1-3H3. The minimum absolute atomic E-state index is 0.135. The van der Waals surface area contributed by atoms with Crippen LogP contribution in [0.2, 0.25) is 5.02 Å². The number of rotatable bonds is 8. The molecule has 0 saturated carbocycles. The zero-order valence-corrected chi connectivity index (χ0v) is 22.6.